The monoisotopic (exact) mass is 294 g/mol. The van der Waals surface area contributed by atoms with Crippen LogP contribution >= 0.6 is 0 Å². The number of aliphatic imine (C=N–C) groups is 1. The molecule has 0 bridgehead atoms. The topological polar surface area (TPSA) is 78.8 Å². The molecule has 1 atom stereocenters. The Morgan fingerprint density at radius 2 is 2.00 bits per heavy atom. The molecule has 1 heterocycles. The van der Waals surface area contributed by atoms with Crippen molar-refractivity contribution in [2.45, 2.75) is 36.7 Å². The molecule has 1 fully saturated rings. The fourth-order valence-electron chi connectivity index (χ4n) is 2.93. The minimum Gasteiger partial charge on any atom is -0.391 e. The molecule has 20 heavy (non-hydrogen) atoms. The third-order valence-electron chi connectivity index (χ3n) is 4.04. The molecule has 1 aromatic rings. The minimum absolute atomic E-state index is 0.247. The van der Waals surface area contributed by atoms with Crippen LogP contribution in [0, 0.1) is 5.92 Å². The summed E-state index contributed by atoms with van der Waals surface area (Å²) >= 11 is 0. The highest BCUT2D eigenvalue weighted by Gasteiger charge is 2.30. The van der Waals surface area contributed by atoms with Crippen LogP contribution in [0.25, 0.3) is 0 Å². The van der Waals surface area contributed by atoms with E-state index in [0.29, 0.717) is 17.3 Å². The molecule has 0 aromatic heterocycles. The predicted molar refractivity (Wildman–Crippen MR) is 76.1 cm³/mol. The molecule has 0 amide bonds. The van der Waals surface area contributed by atoms with Crippen molar-refractivity contribution in [3.8, 4) is 0 Å². The molecule has 0 spiro atoms. The zero-order chi connectivity index (χ0) is 14.2. The predicted octanol–water partition coefficient (Wildman–Crippen LogP) is 1.28. The summed E-state index contributed by atoms with van der Waals surface area (Å²) in [7, 11) is -3.48. The van der Waals surface area contributed by atoms with Crippen molar-refractivity contribution in [3.05, 3.63) is 29.8 Å². The lowest BCUT2D eigenvalue weighted by molar-refractivity contribution is 0.119. The highest BCUT2D eigenvalue weighted by Crippen LogP contribution is 2.28. The van der Waals surface area contributed by atoms with E-state index < -0.39 is 16.1 Å². The summed E-state index contributed by atoms with van der Waals surface area (Å²) in [5.74, 6) is 0.644. The van der Waals surface area contributed by atoms with E-state index in [9.17, 15) is 13.5 Å². The van der Waals surface area contributed by atoms with Crippen molar-refractivity contribution in [1.82, 2.24) is 4.72 Å². The molecule has 2 N–H and O–H groups in total. The van der Waals surface area contributed by atoms with Gasteiger partial charge in [-0.25, -0.2) is 8.42 Å². The van der Waals surface area contributed by atoms with Crippen LogP contribution in [-0.2, 0) is 10.0 Å². The maximum absolute atomic E-state index is 11.9. The van der Waals surface area contributed by atoms with Gasteiger partial charge < -0.3 is 5.11 Å². The molecular formula is C14H18N2O3S. The first-order valence-electron chi connectivity index (χ1n) is 6.93. The minimum atomic E-state index is -3.48. The van der Waals surface area contributed by atoms with Crippen molar-refractivity contribution in [2.75, 3.05) is 6.54 Å². The fourth-order valence-corrected chi connectivity index (χ4v) is 4.18. The Bertz CT molecular complexity index is 634. The van der Waals surface area contributed by atoms with Crippen molar-refractivity contribution in [2.24, 2.45) is 10.9 Å². The van der Waals surface area contributed by atoms with E-state index in [4.69, 9.17) is 0 Å². The van der Waals surface area contributed by atoms with E-state index in [1.165, 1.54) is 0 Å². The van der Waals surface area contributed by atoms with Gasteiger partial charge in [0.2, 0.25) is 0 Å². The summed E-state index contributed by atoms with van der Waals surface area (Å²) in [5, 5.41) is 10.1. The highest BCUT2D eigenvalue weighted by molar-refractivity contribution is 7.90. The zero-order valence-electron chi connectivity index (χ0n) is 11.1. The van der Waals surface area contributed by atoms with Crippen LogP contribution in [0.2, 0.25) is 0 Å². The Hall–Kier alpha value is -1.40. The number of rotatable bonds is 3. The normalized spacial score (nSPS) is 24.6. The van der Waals surface area contributed by atoms with Crippen molar-refractivity contribution in [3.63, 3.8) is 0 Å². The summed E-state index contributed by atoms with van der Waals surface area (Å²) < 4.78 is 26.3. The average molecular weight is 294 g/mol. The number of hydrogen-bond donors (Lipinski definition) is 2. The van der Waals surface area contributed by atoms with Crippen molar-refractivity contribution >= 4 is 15.9 Å². The fraction of sp³-hybridized carbons (Fsp3) is 0.500. The number of aliphatic hydroxyl groups is 1. The second-order valence-electron chi connectivity index (χ2n) is 5.40. The molecule has 1 saturated carbocycles. The smallest absolute Gasteiger partial charge is 0.263 e. The molecule has 1 aromatic carbocycles. The first-order chi connectivity index (χ1) is 9.58. The molecule has 1 unspecified atom stereocenters. The summed E-state index contributed by atoms with van der Waals surface area (Å²) in [6.07, 6.45) is 3.91. The van der Waals surface area contributed by atoms with E-state index in [1.54, 1.807) is 24.3 Å². The van der Waals surface area contributed by atoms with Crippen LogP contribution in [0.4, 0.5) is 0 Å². The number of nitrogens with one attached hydrogen (secondary N) is 1. The number of hydrogen-bond acceptors (Lipinski definition) is 4. The largest absolute Gasteiger partial charge is 0.391 e. The Kier molecular flexibility index (Phi) is 3.52. The van der Waals surface area contributed by atoms with E-state index >= 15 is 0 Å². The van der Waals surface area contributed by atoms with Crippen LogP contribution in [0.5, 0.6) is 0 Å². The maximum Gasteiger partial charge on any atom is 0.263 e. The van der Waals surface area contributed by atoms with Gasteiger partial charge in [0.05, 0.1) is 17.5 Å². The average Bonchev–Trinajstić information content (AvgIpc) is 3.04. The summed E-state index contributed by atoms with van der Waals surface area (Å²) in [6, 6.07) is 6.76. The Morgan fingerprint density at radius 3 is 2.75 bits per heavy atom. The van der Waals surface area contributed by atoms with Gasteiger partial charge in [0.25, 0.3) is 10.0 Å². The third-order valence-corrected chi connectivity index (χ3v) is 5.44. The summed E-state index contributed by atoms with van der Waals surface area (Å²) in [5.41, 5.74) is 0.589. The van der Waals surface area contributed by atoms with Crippen molar-refractivity contribution in [1.29, 1.82) is 0 Å². The second-order valence-corrected chi connectivity index (χ2v) is 7.05. The van der Waals surface area contributed by atoms with Crippen LogP contribution in [0.3, 0.4) is 0 Å². The first kappa shape index (κ1) is 13.6. The van der Waals surface area contributed by atoms with E-state index in [0.717, 1.165) is 25.7 Å². The van der Waals surface area contributed by atoms with Crippen LogP contribution in [0.15, 0.2) is 34.2 Å². The quantitative estimate of drug-likeness (QED) is 0.881. The molecule has 5 nitrogen and oxygen atoms in total. The number of sulfonamides is 1. The Balaban J connectivity index is 1.80. The van der Waals surface area contributed by atoms with Gasteiger partial charge >= 0.3 is 0 Å². The first-order valence-corrected chi connectivity index (χ1v) is 8.41. The number of aliphatic hydroxyl groups excluding tert-OH is 1. The standard InChI is InChI=1S/C14H18N2O3S/c17-12(10-5-1-2-6-10)9-15-14-11-7-3-4-8-13(11)20(18,19)16-14/h3-4,7-8,10,12,17H,1-2,5-6,9H2,(H,15,16). The molecule has 1 aliphatic heterocycles. The SMILES string of the molecule is O=S1(=O)NC(=NCC(O)C2CCCC2)c2ccccc21. The molecule has 2 aliphatic rings. The van der Waals surface area contributed by atoms with Gasteiger partial charge in [-0.15, -0.1) is 0 Å². The maximum atomic E-state index is 11.9. The number of amidine groups is 1. The summed E-state index contributed by atoms with van der Waals surface area (Å²) in [6.45, 7) is 0.247. The Morgan fingerprint density at radius 1 is 1.30 bits per heavy atom. The molecule has 0 saturated heterocycles. The van der Waals surface area contributed by atoms with Crippen molar-refractivity contribution < 1.29 is 13.5 Å². The van der Waals surface area contributed by atoms with Gasteiger partial charge in [0.1, 0.15) is 5.84 Å². The molecular weight excluding hydrogens is 276 g/mol. The van der Waals surface area contributed by atoms with Gasteiger partial charge in [0.15, 0.2) is 0 Å². The lowest BCUT2D eigenvalue weighted by atomic mass is 10.0. The summed E-state index contributed by atoms with van der Waals surface area (Å²) in [4.78, 5) is 4.54. The van der Waals surface area contributed by atoms with Gasteiger partial charge in [-0.2, -0.15) is 0 Å². The van der Waals surface area contributed by atoms with Gasteiger partial charge in [-0.3, -0.25) is 9.71 Å². The number of nitrogens with zero attached hydrogens (tertiary/aromatic N) is 1. The number of fused-ring (bicyclic) bond motifs is 1. The van der Waals surface area contributed by atoms with Gasteiger partial charge in [-0.1, -0.05) is 25.0 Å². The third kappa shape index (κ3) is 2.45. The van der Waals surface area contributed by atoms with E-state index in [-0.39, 0.29) is 11.4 Å². The van der Waals surface area contributed by atoms with E-state index in [1.807, 2.05) is 0 Å². The lowest BCUT2D eigenvalue weighted by Crippen LogP contribution is -2.26. The Labute approximate surface area is 118 Å². The lowest BCUT2D eigenvalue weighted by Gasteiger charge is -2.15. The molecule has 6 heteroatoms. The number of benzene rings is 1. The van der Waals surface area contributed by atoms with E-state index in [2.05, 4.69) is 9.71 Å². The second kappa shape index (κ2) is 5.18. The highest BCUT2D eigenvalue weighted by atomic mass is 32.2. The molecule has 0 radical (unpaired) electrons. The molecule has 1 aliphatic carbocycles. The zero-order valence-corrected chi connectivity index (χ0v) is 11.9. The molecule has 3 rings (SSSR count). The van der Waals surface area contributed by atoms with Crippen LogP contribution in [0.1, 0.15) is 31.2 Å². The van der Waals surface area contributed by atoms with Crippen LogP contribution in [-0.4, -0.2) is 32.0 Å². The molecule has 108 valence electrons. The van der Waals surface area contributed by atoms with Gasteiger partial charge in [0, 0.05) is 5.56 Å². The van der Waals surface area contributed by atoms with Crippen LogP contribution < -0.4 is 4.72 Å². The van der Waals surface area contributed by atoms with Gasteiger partial charge in [-0.05, 0) is 30.9 Å².